The van der Waals surface area contributed by atoms with Crippen molar-refractivity contribution in [3.05, 3.63) is 35.9 Å². The van der Waals surface area contributed by atoms with E-state index in [2.05, 4.69) is 0 Å². The zero-order valence-electron chi connectivity index (χ0n) is 9.30. The second kappa shape index (κ2) is 4.95. The lowest BCUT2D eigenvalue weighted by Gasteiger charge is -2.31. The molecule has 1 saturated heterocycles. The Hall–Kier alpha value is -0.900. The quantitative estimate of drug-likeness (QED) is 0.800. The van der Waals surface area contributed by atoms with E-state index < -0.39 is 11.7 Å². The molecule has 16 heavy (non-hydrogen) atoms. The van der Waals surface area contributed by atoms with Gasteiger partial charge in [0, 0.05) is 6.61 Å². The van der Waals surface area contributed by atoms with Crippen LogP contribution in [0.2, 0.25) is 0 Å². The molecule has 1 aliphatic rings. The highest BCUT2D eigenvalue weighted by molar-refractivity contribution is 5.20. The van der Waals surface area contributed by atoms with E-state index in [1.54, 1.807) is 0 Å². The first-order valence-electron chi connectivity index (χ1n) is 5.75. The van der Waals surface area contributed by atoms with Gasteiger partial charge in [-0.15, -0.1) is 0 Å². The molecule has 1 aromatic carbocycles. The van der Waals surface area contributed by atoms with E-state index in [4.69, 9.17) is 4.74 Å². The third-order valence-electron chi connectivity index (χ3n) is 3.12. The van der Waals surface area contributed by atoms with E-state index >= 15 is 0 Å². The van der Waals surface area contributed by atoms with Crippen molar-refractivity contribution >= 4 is 0 Å². The molecule has 0 aromatic heterocycles. The molecule has 0 amide bonds. The van der Waals surface area contributed by atoms with Crippen LogP contribution in [-0.4, -0.2) is 29.0 Å². The number of ether oxygens (including phenoxy) is 1. The average Bonchev–Trinajstić information content (AvgIpc) is 2.55. The van der Waals surface area contributed by atoms with Gasteiger partial charge in [-0.05, 0) is 24.8 Å². The molecular formula is C13H18O3. The van der Waals surface area contributed by atoms with E-state index in [1.807, 2.05) is 30.3 Å². The number of benzene rings is 1. The molecule has 1 fully saturated rings. The van der Waals surface area contributed by atoms with Crippen molar-refractivity contribution in [1.29, 1.82) is 0 Å². The van der Waals surface area contributed by atoms with Gasteiger partial charge in [0.1, 0.15) is 11.7 Å². The summed E-state index contributed by atoms with van der Waals surface area (Å²) < 4.78 is 5.34. The Morgan fingerprint density at radius 2 is 1.94 bits per heavy atom. The fraction of sp³-hybridized carbons (Fsp3) is 0.538. The third-order valence-corrected chi connectivity index (χ3v) is 3.12. The maximum absolute atomic E-state index is 10.4. The van der Waals surface area contributed by atoms with Crippen LogP contribution in [0, 0.1) is 0 Å². The first-order valence-corrected chi connectivity index (χ1v) is 5.75. The highest BCUT2D eigenvalue weighted by atomic mass is 16.5. The molecule has 3 heteroatoms. The molecular weight excluding hydrogens is 204 g/mol. The van der Waals surface area contributed by atoms with Crippen LogP contribution in [0.4, 0.5) is 0 Å². The Morgan fingerprint density at radius 1 is 1.19 bits per heavy atom. The fourth-order valence-electron chi connectivity index (χ4n) is 2.12. The molecule has 2 N–H and O–H groups in total. The van der Waals surface area contributed by atoms with E-state index in [9.17, 15) is 10.2 Å². The molecule has 1 aliphatic heterocycles. The van der Waals surface area contributed by atoms with E-state index in [-0.39, 0.29) is 6.61 Å². The van der Waals surface area contributed by atoms with Crippen molar-refractivity contribution in [1.82, 2.24) is 0 Å². The predicted molar refractivity (Wildman–Crippen MR) is 61.0 cm³/mol. The van der Waals surface area contributed by atoms with Gasteiger partial charge in [0.15, 0.2) is 0 Å². The minimum absolute atomic E-state index is 0.211. The Labute approximate surface area is 95.7 Å². The molecule has 2 atom stereocenters. The molecule has 0 unspecified atom stereocenters. The topological polar surface area (TPSA) is 49.7 Å². The van der Waals surface area contributed by atoms with Crippen molar-refractivity contribution in [2.24, 2.45) is 0 Å². The zero-order chi connectivity index (χ0) is 11.4. The van der Waals surface area contributed by atoms with E-state index in [0.717, 1.165) is 18.4 Å². The monoisotopic (exact) mass is 222 g/mol. The normalized spacial score (nSPS) is 28.4. The summed E-state index contributed by atoms with van der Waals surface area (Å²) in [7, 11) is 0. The minimum Gasteiger partial charge on any atom is -0.385 e. The van der Waals surface area contributed by atoms with Crippen LogP contribution in [0.25, 0.3) is 0 Å². The van der Waals surface area contributed by atoms with Crippen LogP contribution >= 0.6 is 0 Å². The van der Waals surface area contributed by atoms with Crippen molar-refractivity contribution in [2.45, 2.75) is 31.0 Å². The molecule has 0 spiro atoms. The lowest BCUT2D eigenvalue weighted by molar-refractivity contribution is -0.118. The zero-order valence-corrected chi connectivity index (χ0v) is 9.30. The van der Waals surface area contributed by atoms with Crippen molar-refractivity contribution in [2.75, 3.05) is 13.2 Å². The summed E-state index contributed by atoms with van der Waals surface area (Å²) in [5.41, 5.74) is -0.395. The van der Waals surface area contributed by atoms with Crippen LogP contribution < -0.4 is 0 Å². The first-order chi connectivity index (χ1) is 7.72. The molecule has 0 saturated carbocycles. The predicted octanol–water partition coefficient (Wildman–Crippen LogP) is 1.65. The van der Waals surface area contributed by atoms with Gasteiger partial charge >= 0.3 is 0 Å². The summed E-state index contributed by atoms with van der Waals surface area (Å²) in [6.07, 6.45) is 1.56. The van der Waals surface area contributed by atoms with Gasteiger partial charge in [0.05, 0.1) is 6.61 Å². The second-order valence-corrected chi connectivity index (χ2v) is 4.43. The number of hydrogen-bond donors (Lipinski definition) is 2. The summed E-state index contributed by atoms with van der Waals surface area (Å²) in [5.74, 6) is 0. The highest BCUT2D eigenvalue weighted by Crippen LogP contribution is 2.32. The number of aliphatic hydroxyl groups excluding tert-OH is 1. The summed E-state index contributed by atoms with van der Waals surface area (Å²) in [6.45, 7) is 0.882. The number of aliphatic hydroxyl groups is 2. The minimum atomic E-state index is -1.14. The van der Waals surface area contributed by atoms with Crippen LogP contribution in [-0.2, 0) is 4.74 Å². The second-order valence-electron chi connectivity index (χ2n) is 4.43. The summed E-state index contributed by atoms with van der Waals surface area (Å²) in [4.78, 5) is 0. The van der Waals surface area contributed by atoms with E-state index in [1.165, 1.54) is 0 Å². The lowest BCUT2D eigenvalue weighted by Crippen LogP contribution is -2.40. The standard InChI is InChI=1S/C13H18O3/c14-12(11-6-2-1-3-7-11)13(15)8-4-5-9-16-10-13/h1-3,6-7,12,14-15H,4-5,8-10H2/t12-,13-/m1/s1. The molecule has 0 aliphatic carbocycles. The van der Waals surface area contributed by atoms with E-state index in [0.29, 0.717) is 13.0 Å². The van der Waals surface area contributed by atoms with Gasteiger partial charge < -0.3 is 14.9 Å². The third kappa shape index (κ3) is 2.43. The Balaban J connectivity index is 2.15. The maximum Gasteiger partial charge on any atom is 0.118 e. The largest absolute Gasteiger partial charge is 0.385 e. The summed E-state index contributed by atoms with van der Waals surface area (Å²) in [6, 6.07) is 9.27. The Bertz CT molecular complexity index is 315. The Kier molecular flexibility index (Phi) is 3.59. The Morgan fingerprint density at radius 3 is 2.69 bits per heavy atom. The van der Waals surface area contributed by atoms with Crippen molar-refractivity contribution in [3.63, 3.8) is 0 Å². The first kappa shape index (κ1) is 11.6. The van der Waals surface area contributed by atoms with Crippen LogP contribution in [0.15, 0.2) is 30.3 Å². The van der Waals surface area contributed by atoms with Gasteiger partial charge in [-0.2, -0.15) is 0 Å². The molecule has 1 heterocycles. The van der Waals surface area contributed by atoms with Crippen LogP contribution in [0.5, 0.6) is 0 Å². The van der Waals surface area contributed by atoms with Gasteiger partial charge in [-0.1, -0.05) is 30.3 Å². The van der Waals surface area contributed by atoms with Crippen LogP contribution in [0.1, 0.15) is 30.9 Å². The van der Waals surface area contributed by atoms with Gasteiger partial charge in [0.2, 0.25) is 0 Å². The summed E-state index contributed by atoms with van der Waals surface area (Å²) >= 11 is 0. The fourth-order valence-corrected chi connectivity index (χ4v) is 2.12. The molecule has 3 nitrogen and oxygen atoms in total. The molecule has 2 rings (SSSR count). The molecule has 1 aromatic rings. The molecule has 0 radical (unpaired) electrons. The maximum atomic E-state index is 10.4. The van der Waals surface area contributed by atoms with Crippen molar-refractivity contribution < 1.29 is 14.9 Å². The lowest BCUT2D eigenvalue weighted by atomic mass is 9.87. The highest BCUT2D eigenvalue weighted by Gasteiger charge is 2.37. The smallest absolute Gasteiger partial charge is 0.118 e. The average molecular weight is 222 g/mol. The molecule has 88 valence electrons. The number of hydrogen-bond acceptors (Lipinski definition) is 3. The van der Waals surface area contributed by atoms with Crippen LogP contribution in [0.3, 0.4) is 0 Å². The number of rotatable bonds is 2. The summed E-state index contributed by atoms with van der Waals surface area (Å²) in [5, 5.41) is 20.6. The van der Waals surface area contributed by atoms with Gasteiger partial charge in [0.25, 0.3) is 0 Å². The van der Waals surface area contributed by atoms with Gasteiger partial charge in [-0.25, -0.2) is 0 Å². The SMILES string of the molecule is O[C@H](c1ccccc1)[C@@]1(O)CCCCOC1. The molecule has 0 bridgehead atoms. The van der Waals surface area contributed by atoms with Crippen molar-refractivity contribution in [3.8, 4) is 0 Å². The van der Waals surface area contributed by atoms with Gasteiger partial charge in [-0.3, -0.25) is 0 Å².